The minimum atomic E-state index is -0.581. The van der Waals surface area contributed by atoms with Crippen molar-refractivity contribution in [3.8, 4) is 0 Å². The molecule has 5 heteroatoms. The highest BCUT2D eigenvalue weighted by atomic mass is 16.6. The monoisotopic (exact) mass is 319 g/mol. The van der Waals surface area contributed by atoms with Gasteiger partial charge in [-0.05, 0) is 39.2 Å². The number of hydrogen-bond donors (Lipinski definition) is 0. The van der Waals surface area contributed by atoms with E-state index in [1.165, 1.54) is 4.90 Å². The largest absolute Gasteiger partial charge is 0.444 e. The average molecular weight is 319 g/mol. The third-order valence-electron chi connectivity index (χ3n) is 3.70. The summed E-state index contributed by atoms with van der Waals surface area (Å²) in [4.78, 5) is 25.0. The van der Waals surface area contributed by atoms with Crippen LogP contribution in [0, 0.1) is 0 Å². The Hall–Kier alpha value is -1.88. The van der Waals surface area contributed by atoms with Crippen LogP contribution in [0.4, 0.5) is 4.79 Å². The Labute approximate surface area is 137 Å². The lowest BCUT2D eigenvalue weighted by Crippen LogP contribution is -2.51. The van der Waals surface area contributed by atoms with E-state index in [-0.39, 0.29) is 6.10 Å². The first-order chi connectivity index (χ1) is 10.9. The Morgan fingerprint density at radius 3 is 2.57 bits per heavy atom. The molecule has 2 atom stereocenters. The molecule has 1 aliphatic rings. The number of rotatable bonds is 4. The number of ether oxygens (including phenoxy) is 2. The van der Waals surface area contributed by atoms with Crippen LogP contribution in [0.3, 0.4) is 0 Å². The summed E-state index contributed by atoms with van der Waals surface area (Å²) in [5, 5.41) is 0. The van der Waals surface area contributed by atoms with Crippen LogP contribution >= 0.6 is 0 Å². The summed E-state index contributed by atoms with van der Waals surface area (Å²) in [6.45, 7) is 6.32. The highest BCUT2D eigenvalue weighted by Crippen LogP contribution is 2.22. The van der Waals surface area contributed by atoms with Crippen LogP contribution in [0.25, 0.3) is 0 Å². The molecule has 1 fully saturated rings. The maximum absolute atomic E-state index is 12.3. The SMILES string of the molecule is CC(C)(C)OC(=O)N1C[C@@H](OCc2ccccc2)CC[C@H]1C=O. The van der Waals surface area contributed by atoms with Crippen LogP contribution < -0.4 is 0 Å². The van der Waals surface area contributed by atoms with E-state index in [1.807, 2.05) is 51.1 Å². The summed E-state index contributed by atoms with van der Waals surface area (Å²) in [6.07, 6.45) is 1.64. The number of benzene rings is 1. The van der Waals surface area contributed by atoms with Crippen molar-refractivity contribution < 1.29 is 19.1 Å². The molecule has 0 spiro atoms. The van der Waals surface area contributed by atoms with Crippen molar-refractivity contribution in [3.05, 3.63) is 35.9 Å². The Balaban J connectivity index is 1.94. The molecule has 23 heavy (non-hydrogen) atoms. The van der Waals surface area contributed by atoms with Crippen molar-refractivity contribution >= 4 is 12.4 Å². The van der Waals surface area contributed by atoms with Crippen molar-refractivity contribution in [3.63, 3.8) is 0 Å². The zero-order valence-corrected chi connectivity index (χ0v) is 14.0. The summed E-state index contributed by atoms with van der Waals surface area (Å²) >= 11 is 0. The number of likely N-dealkylation sites (tertiary alicyclic amines) is 1. The summed E-state index contributed by atoms with van der Waals surface area (Å²) in [6, 6.07) is 9.47. The van der Waals surface area contributed by atoms with Gasteiger partial charge >= 0.3 is 6.09 Å². The number of carbonyl (C=O) groups is 2. The predicted octanol–water partition coefficient (Wildman–Crippen LogP) is 3.17. The number of aldehydes is 1. The van der Waals surface area contributed by atoms with E-state index < -0.39 is 17.7 Å². The van der Waals surface area contributed by atoms with Gasteiger partial charge in [0.25, 0.3) is 0 Å². The quantitative estimate of drug-likeness (QED) is 0.800. The second-order valence-electron chi connectivity index (χ2n) is 6.83. The van der Waals surface area contributed by atoms with Gasteiger partial charge in [-0.1, -0.05) is 30.3 Å². The molecule has 0 unspecified atom stereocenters. The second kappa shape index (κ2) is 7.59. The molecular weight excluding hydrogens is 294 g/mol. The third kappa shape index (κ3) is 5.36. The van der Waals surface area contributed by atoms with E-state index in [9.17, 15) is 9.59 Å². The van der Waals surface area contributed by atoms with Gasteiger partial charge in [0, 0.05) is 0 Å². The Kier molecular flexibility index (Phi) is 5.77. The minimum Gasteiger partial charge on any atom is -0.444 e. The topological polar surface area (TPSA) is 55.8 Å². The normalized spacial score (nSPS) is 21.8. The number of carbonyl (C=O) groups excluding carboxylic acids is 2. The van der Waals surface area contributed by atoms with Crippen LogP contribution in [-0.4, -0.2) is 41.6 Å². The lowest BCUT2D eigenvalue weighted by Gasteiger charge is -2.37. The van der Waals surface area contributed by atoms with E-state index in [1.54, 1.807) is 0 Å². The number of amides is 1. The molecule has 5 nitrogen and oxygen atoms in total. The molecule has 0 aliphatic carbocycles. The first kappa shape index (κ1) is 17.5. The molecule has 1 aliphatic heterocycles. The van der Waals surface area contributed by atoms with Gasteiger partial charge < -0.3 is 14.3 Å². The zero-order valence-electron chi connectivity index (χ0n) is 14.0. The number of piperidine rings is 1. The van der Waals surface area contributed by atoms with Gasteiger partial charge in [-0.2, -0.15) is 0 Å². The van der Waals surface area contributed by atoms with Crippen LogP contribution in [0.5, 0.6) is 0 Å². The van der Waals surface area contributed by atoms with Crippen molar-refractivity contribution in [2.24, 2.45) is 0 Å². The van der Waals surface area contributed by atoms with Gasteiger partial charge in [-0.3, -0.25) is 4.90 Å². The summed E-state index contributed by atoms with van der Waals surface area (Å²) in [7, 11) is 0. The minimum absolute atomic E-state index is 0.0843. The fourth-order valence-corrected chi connectivity index (χ4v) is 2.55. The van der Waals surface area contributed by atoms with Crippen molar-refractivity contribution in [1.82, 2.24) is 4.90 Å². The molecule has 0 aromatic heterocycles. The van der Waals surface area contributed by atoms with Crippen molar-refractivity contribution in [2.75, 3.05) is 6.54 Å². The van der Waals surface area contributed by atoms with Gasteiger partial charge in [0.15, 0.2) is 0 Å². The fourth-order valence-electron chi connectivity index (χ4n) is 2.55. The Bertz CT molecular complexity index is 524. The van der Waals surface area contributed by atoms with E-state index >= 15 is 0 Å². The first-order valence-electron chi connectivity index (χ1n) is 7.99. The summed E-state index contributed by atoms with van der Waals surface area (Å²) < 4.78 is 11.3. The average Bonchev–Trinajstić information content (AvgIpc) is 2.52. The standard InChI is InChI=1S/C18H25NO4/c1-18(2,3)23-17(21)19-11-16(10-9-15(19)12-20)22-13-14-7-5-4-6-8-14/h4-8,12,15-16H,9-11,13H2,1-3H3/t15-,16-/m0/s1. The van der Waals surface area contributed by atoms with Gasteiger partial charge in [0.1, 0.15) is 11.9 Å². The smallest absolute Gasteiger partial charge is 0.410 e. The maximum atomic E-state index is 12.3. The van der Waals surface area contributed by atoms with Crippen molar-refractivity contribution in [1.29, 1.82) is 0 Å². The molecule has 0 bridgehead atoms. The van der Waals surface area contributed by atoms with Crippen molar-refractivity contribution in [2.45, 2.75) is 58.0 Å². The highest BCUT2D eigenvalue weighted by molar-refractivity contribution is 5.74. The molecule has 1 aromatic rings. The first-order valence-corrected chi connectivity index (χ1v) is 7.99. The molecule has 1 heterocycles. The number of hydrogen-bond acceptors (Lipinski definition) is 4. The van der Waals surface area contributed by atoms with Crippen LogP contribution in [0.15, 0.2) is 30.3 Å². The maximum Gasteiger partial charge on any atom is 0.410 e. The molecule has 1 amide bonds. The van der Waals surface area contributed by atoms with E-state index in [0.717, 1.165) is 18.3 Å². The van der Waals surface area contributed by atoms with Gasteiger partial charge in [-0.15, -0.1) is 0 Å². The molecular formula is C18H25NO4. The van der Waals surface area contributed by atoms with Gasteiger partial charge in [0.2, 0.25) is 0 Å². The van der Waals surface area contributed by atoms with E-state index in [0.29, 0.717) is 19.6 Å². The molecule has 1 saturated heterocycles. The number of nitrogens with zero attached hydrogens (tertiary/aromatic N) is 1. The third-order valence-corrected chi connectivity index (χ3v) is 3.70. The highest BCUT2D eigenvalue weighted by Gasteiger charge is 2.34. The van der Waals surface area contributed by atoms with Crippen LogP contribution in [0.1, 0.15) is 39.2 Å². The Morgan fingerprint density at radius 2 is 1.96 bits per heavy atom. The fraction of sp³-hybridized carbons (Fsp3) is 0.556. The lowest BCUT2D eigenvalue weighted by molar-refractivity contribution is -0.116. The molecule has 1 aromatic carbocycles. The van der Waals surface area contributed by atoms with Gasteiger partial charge in [0.05, 0.1) is 25.3 Å². The molecule has 126 valence electrons. The Morgan fingerprint density at radius 1 is 1.26 bits per heavy atom. The lowest BCUT2D eigenvalue weighted by atomic mass is 10.0. The van der Waals surface area contributed by atoms with Gasteiger partial charge in [-0.25, -0.2) is 4.79 Å². The van der Waals surface area contributed by atoms with E-state index in [4.69, 9.17) is 9.47 Å². The van der Waals surface area contributed by atoms with E-state index in [2.05, 4.69) is 0 Å². The summed E-state index contributed by atoms with van der Waals surface area (Å²) in [5.41, 5.74) is 0.511. The summed E-state index contributed by atoms with van der Waals surface area (Å²) in [5.74, 6) is 0. The molecule has 2 rings (SSSR count). The van der Waals surface area contributed by atoms with Crippen LogP contribution in [-0.2, 0) is 20.9 Å². The zero-order chi connectivity index (χ0) is 16.9. The predicted molar refractivity (Wildman–Crippen MR) is 87.0 cm³/mol. The molecule has 0 N–H and O–H groups in total. The van der Waals surface area contributed by atoms with Crippen LogP contribution in [0.2, 0.25) is 0 Å². The molecule has 0 radical (unpaired) electrons. The second-order valence-corrected chi connectivity index (χ2v) is 6.83. The molecule has 0 saturated carbocycles.